The van der Waals surface area contributed by atoms with Gasteiger partial charge in [-0.1, -0.05) is 11.3 Å². The summed E-state index contributed by atoms with van der Waals surface area (Å²) in [6, 6.07) is 7.72. The molecule has 0 saturated carbocycles. The lowest BCUT2D eigenvalue weighted by Gasteiger charge is -2.06. The number of carbonyl (C=O) groups is 1. The fourth-order valence-corrected chi connectivity index (χ4v) is 4.10. The zero-order valence-corrected chi connectivity index (χ0v) is 17.6. The van der Waals surface area contributed by atoms with Crippen LogP contribution in [0.4, 0.5) is 0 Å². The Balaban J connectivity index is 2.07. The molecule has 1 aromatic carbocycles. The van der Waals surface area contributed by atoms with Gasteiger partial charge in [0.1, 0.15) is 11.4 Å². The van der Waals surface area contributed by atoms with Gasteiger partial charge in [-0.3, -0.25) is 9.48 Å². The number of hydrogen-bond acceptors (Lipinski definition) is 5. The molecule has 0 aliphatic rings. The summed E-state index contributed by atoms with van der Waals surface area (Å²) in [5.41, 5.74) is 2.33. The summed E-state index contributed by atoms with van der Waals surface area (Å²) in [6.07, 6.45) is 0. The fourth-order valence-electron chi connectivity index (χ4n) is 3.01. The monoisotopic (exact) mass is 402 g/mol. The van der Waals surface area contributed by atoms with E-state index in [-0.39, 0.29) is 5.91 Å². The van der Waals surface area contributed by atoms with Gasteiger partial charge in [0.2, 0.25) is 0 Å². The van der Waals surface area contributed by atoms with Crippen molar-refractivity contribution in [3.8, 4) is 5.75 Å². The van der Waals surface area contributed by atoms with E-state index in [4.69, 9.17) is 9.47 Å². The van der Waals surface area contributed by atoms with Gasteiger partial charge in [-0.2, -0.15) is 10.1 Å². The maximum absolute atomic E-state index is 12.8. The van der Waals surface area contributed by atoms with E-state index >= 15 is 0 Å². The molecule has 0 fully saturated rings. The van der Waals surface area contributed by atoms with Crippen LogP contribution in [-0.2, 0) is 17.8 Å². The molecule has 28 heavy (non-hydrogen) atoms. The van der Waals surface area contributed by atoms with E-state index < -0.39 is 0 Å². The number of amides is 1. The molecule has 0 N–H and O–H groups in total. The van der Waals surface area contributed by atoms with Crippen LogP contribution in [0.3, 0.4) is 0 Å². The molecule has 3 rings (SSSR count). The third-order valence-electron chi connectivity index (χ3n) is 4.25. The van der Waals surface area contributed by atoms with E-state index in [1.165, 1.54) is 11.3 Å². The van der Waals surface area contributed by atoms with Crippen LogP contribution in [0.5, 0.6) is 5.75 Å². The summed E-state index contributed by atoms with van der Waals surface area (Å²) >= 11 is 1.48. The summed E-state index contributed by atoms with van der Waals surface area (Å²) < 4.78 is 15.9. The Morgan fingerprint density at radius 1 is 1.21 bits per heavy atom. The summed E-state index contributed by atoms with van der Waals surface area (Å²) in [5.74, 6) is 0.523. The van der Waals surface area contributed by atoms with Crippen LogP contribution in [0, 0.1) is 6.92 Å². The number of rotatable bonds is 8. The van der Waals surface area contributed by atoms with Crippen LogP contribution in [0.1, 0.15) is 37.0 Å². The Labute approximate surface area is 168 Å². The molecule has 1 amide bonds. The first-order chi connectivity index (χ1) is 13.6. The maximum Gasteiger partial charge on any atom is 0.297 e. The Bertz CT molecular complexity index is 1030. The summed E-state index contributed by atoms with van der Waals surface area (Å²) in [4.78, 5) is 17.9. The molecule has 0 bridgehead atoms. The van der Waals surface area contributed by atoms with Crippen LogP contribution >= 0.6 is 11.3 Å². The highest BCUT2D eigenvalue weighted by molar-refractivity contribution is 7.16. The second-order valence-electron chi connectivity index (χ2n) is 6.20. The highest BCUT2D eigenvalue weighted by Crippen LogP contribution is 2.23. The lowest BCUT2D eigenvalue weighted by Crippen LogP contribution is -2.20. The molecule has 0 atom stereocenters. The molecule has 0 spiro atoms. The third-order valence-corrected chi connectivity index (χ3v) is 5.29. The number of nitrogens with zero attached hydrogens (tertiary/aromatic N) is 4. The highest BCUT2D eigenvalue weighted by atomic mass is 32.1. The maximum atomic E-state index is 12.8. The number of fused-ring (bicyclic) bond motifs is 1. The van der Waals surface area contributed by atoms with Crippen molar-refractivity contribution in [2.45, 2.75) is 40.8 Å². The lowest BCUT2D eigenvalue weighted by molar-refractivity contribution is 0.0986. The molecule has 3 aromatic rings. The van der Waals surface area contributed by atoms with Gasteiger partial charge in [-0.05, 0) is 52.0 Å². The second-order valence-corrected chi connectivity index (χ2v) is 7.21. The van der Waals surface area contributed by atoms with Crippen LogP contribution in [0.25, 0.3) is 10.2 Å². The zero-order valence-electron chi connectivity index (χ0n) is 16.8. The molecule has 7 nitrogen and oxygen atoms in total. The van der Waals surface area contributed by atoms with E-state index in [2.05, 4.69) is 10.1 Å². The number of ether oxygens (including phenoxy) is 2. The molecule has 0 unspecified atom stereocenters. The Kier molecular flexibility index (Phi) is 6.64. The van der Waals surface area contributed by atoms with Crippen LogP contribution < -0.4 is 9.54 Å². The minimum absolute atomic E-state index is 0.288. The molecule has 2 aromatic heterocycles. The van der Waals surface area contributed by atoms with E-state index in [9.17, 15) is 4.79 Å². The van der Waals surface area contributed by atoms with E-state index in [0.29, 0.717) is 43.4 Å². The average Bonchev–Trinajstić information content (AvgIpc) is 3.22. The molecule has 0 saturated heterocycles. The Hall–Kier alpha value is -2.45. The van der Waals surface area contributed by atoms with Crippen LogP contribution in [0.15, 0.2) is 29.3 Å². The first kappa shape index (κ1) is 20.3. The van der Waals surface area contributed by atoms with Crippen molar-refractivity contribution in [2.75, 3.05) is 19.8 Å². The number of aromatic nitrogens is 3. The third kappa shape index (κ3) is 4.34. The standard InChI is InChI=1S/C20H26N4O3S/c1-5-24-17(12-14(4)22-24)19(25)21-20-23(10-11-26-6-2)16-9-8-15(27-7-3)13-18(16)28-20/h8-9,12-13H,5-7,10-11H2,1-4H3. The molecular weight excluding hydrogens is 376 g/mol. The summed E-state index contributed by atoms with van der Waals surface area (Å²) in [7, 11) is 0. The largest absolute Gasteiger partial charge is 0.494 e. The molecule has 0 aliphatic carbocycles. The van der Waals surface area contributed by atoms with Crippen LogP contribution in [0.2, 0.25) is 0 Å². The molecule has 2 heterocycles. The number of hydrogen-bond donors (Lipinski definition) is 0. The van der Waals surface area contributed by atoms with E-state index in [1.807, 2.05) is 50.5 Å². The zero-order chi connectivity index (χ0) is 20.1. The van der Waals surface area contributed by atoms with Crippen molar-refractivity contribution in [3.05, 3.63) is 40.5 Å². The van der Waals surface area contributed by atoms with Gasteiger partial charge in [-0.15, -0.1) is 0 Å². The van der Waals surface area contributed by atoms with Gasteiger partial charge in [-0.25, -0.2) is 0 Å². The highest BCUT2D eigenvalue weighted by Gasteiger charge is 2.14. The van der Waals surface area contributed by atoms with Crippen molar-refractivity contribution in [3.63, 3.8) is 0 Å². The second kappa shape index (κ2) is 9.16. The van der Waals surface area contributed by atoms with Crippen LogP contribution in [-0.4, -0.2) is 40.1 Å². The van der Waals surface area contributed by atoms with Crippen molar-refractivity contribution < 1.29 is 14.3 Å². The first-order valence-corrected chi connectivity index (χ1v) is 10.4. The van der Waals surface area contributed by atoms with Crippen molar-refractivity contribution in [2.24, 2.45) is 4.99 Å². The van der Waals surface area contributed by atoms with Gasteiger partial charge < -0.3 is 14.0 Å². The quantitative estimate of drug-likeness (QED) is 0.542. The minimum atomic E-state index is -0.288. The van der Waals surface area contributed by atoms with Gasteiger partial charge in [0, 0.05) is 19.7 Å². The summed E-state index contributed by atoms with van der Waals surface area (Å²) in [5, 5.41) is 4.35. The lowest BCUT2D eigenvalue weighted by atomic mass is 10.3. The smallest absolute Gasteiger partial charge is 0.297 e. The SMILES string of the molecule is CCOCCn1c(=NC(=O)c2cc(C)nn2CC)sc2cc(OCC)ccc21. The average molecular weight is 403 g/mol. The molecule has 0 radical (unpaired) electrons. The molecule has 8 heteroatoms. The van der Waals surface area contributed by atoms with Crippen molar-refractivity contribution >= 4 is 27.5 Å². The van der Waals surface area contributed by atoms with Crippen molar-refractivity contribution in [1.29, 1.82) is 0 Å². The van der Waals surface area contributed by atoms with E-state index in [1.54, 1.807) is 10.7 Å². The summed E-state index contributed by atoms with van der Waals surface area (Å²) in [6.45, 7) is 10.8. The van der Waals surface area contributed by atoms with Gasteiger partial charge in [0.15, 0.2) is 4.80 Å². The van der Waals surface area contributed by atoms with Gasteiger partial charge >= 0.3 is 0 Å². The Morgan fingerprint density at radius 3 is 2.75 bits per heavy atom. The number of benzene rings is 1. The number of carbonyl (C=O) groups excluding carboxylic acids is 1. The molecule has 0 aliphatic heterocycles. The predicted molar refractivity (Wildman–Crippen MR) is 110 cm³/mol. The first-order valence-electron chi connectivity index (χ1n) is 9.54. The number of aryl methyl sites for hydroxylation is 2. The van der Waals surface area contributed by atoms with Gasteiger partial charge in [0.25, 0.3) is 5.91 Å². The van der Waals surface area contributed by atoms with E-state index in [0.717, 1.165) is 21.7 Å². The minimum Gasteiger partial charge on any atom is -0.494 e. The fraction of sp³-hybridized carbons (Fsp3) is 0.450. The Morgan fingerprint density at radius 2 is 2.04 bits per heavy atom. The topological polar surface area (TPSA) is 70.6 Å². The predicted octanol–water partition coefficient (Wildman–Crippen LogP) is 3.40. The molecular formula is C20H26N4O3S. The van der Waals surface area contributed by atoms with Crippen molar-refractivity contribution in [1.82, 2.24) is 14.3 Å². The molecule has 150 valence electrons. The normalized spacial score (nSPS) is 12.1. The number of thiazole rings is 1. The van der Waals surface area contributed by atoms with Gasteiger partial charge in [0.05, 0.1) is 29.1 Å².